The molecule has 6 heteroatoms. The van der Waals surface area contributed by atoms with Crippen LogP contribution < -0.4 is 0 Å². The van der Waals surface area contributed by atoms with E-state index in [2.05, 4.69) is 10.1 Å². The number of aromatic nitrogens is 2. The van der Waals surface area contributed by atoms with E-state index in [4.69, 9.17) is 13.7 Å². The first-order valence-corrected chi connectivity index (χ1v) is 6.16. The summed E-state index contributed by atoms with van der Waals surface area (Å²) in [5.41, 5.74) is 0.710. The van der Waals surface area contributed by atoms with E-state index in [1.807, 2.05) is 13.8 Å². The summed E-state index contributed by atoms with van der Waals surface area (Å²) in [4.78, 5) is 16.2. The molecule has 19 heavy (non-hydrogen) atoms. The van der Waals surface area contributed by atoms with E-state index >= 15 is 0 Å². The Labute approximate surface area is 110 Å². The second-order valence-corrected chi connectivity index (χ2v) is 4.44. The third-order valence-electron chi connectivity index (χ3n) is 2.69. The van der Waals surface area contributed by atoms with Crippen LogP contribution in [0.4, 0.5) is 0 Å². The maximum Gasteiger partial charge on any atom is 0.318 e. The Morgan fingerprint density at radius 1 is 1.47 bits per heavy atom. The SMILES string of the molecule is CCOC(=O)C(c1nc(-c2ccoc2)no1)C(C)C. The van der Waals surface area contributed by atoms with Crippen LogP contribution in [0.1, 0.15) is 32.6 Å². The van der Waals surface area contributed by atoms with Crippen LogP contribution in [-0.4, -0.2) is 22.7 Å². The molecule has 1 unspecified atom stereocenters. The zero-order chi connectivity index (χ0) is 13.8. The molecule has 0 bridgehead atoms. The third kappa shape index (κ3) is 2.83. The molecule has 0 saturated carbocycles. The Kier molecular flexibility index (Phi) is 3.99. The number of esters is 1. The van der Waals surface area contributed by atoms with E-state index in [1.165, 1.54) is 12.5 Å². The molecule has 2 aromatic rings. The highest BCUT2D eigenvalue weighted by Crippen LogP contribution is 2.26. The van der Waals surface area contributed by atoms with Gasteiger partial charge < -0.3 is 13.7 Å². The minimum Gasteiger partial charge on any atom is -0.472 e. The van der Waals surface area contributed by atoms with Crippen molar-refractivity contribution in [2.75, 3.05) is 6.61 Å². The summed E-state index contributed by atoms with van der Waals surface area (Å²) in [6, 6.07) is 1.73. The van der Waals surface area contributed by atoms with E-state index in [9.17, 15) is 4.79 Å². The molecule has 1 atom stereocenters. The van der Waals surface area contributed by atoms with Crippen molar-refractivity contribution in [2.45, 2.75) is 26.7 Å². The van der Waals surface area contributed by atoms with Gasteiger partial charge in [0.2, 0.25) is 11.7 Å². The van der Waals surface area contributed by atoms with Gasteiger partial charge in [-0.05, 0) is 18.9 Å². The van der Waals surface area contributed by atoms with Crippen LogP contribution >= 0.6 is 0 Å². The monoisotopic (exact) mass is 264 g/mol. The van der Waals surface area contributed by atoms with Crippen molar-refractivity contribution in [2.24, 2.45) is 5.92 Å². The van der Waals surface area contributed by atoms with Crippen molar-refractivity contribution in [3.8, 4) is 11.4 Å². The van der Waals surface area contributed by atoms with Gasteiger partial charge in [-0.25, -0.2) is 0 Å². The summed E-state index contributed by atoms with van der Waals surface area (Å²) < 4.78 is 15.2. The van der Waals surface area contributed by atoms with Gasteiger partial charge in [-0.1, -0.05) is 19.0 Å². The lowest BCUT2D eigenvalue weighted by Gasteiger charge is -2.14. The second kappa shape index (κ2) is 5.69. The summed E-state index contributed by atoms with van der Waals surface area (Å²) in [6.45, 7) is 5.90. The van der Waals surface area contributed by atoms with Crippen LogP contribution in [0.25, 0.3) is 11.4 Å². The molecule has 0 aromatic carbocycles. The lowest BCUT2D eigenvalue weighted by molar-refractivity contribution is -0.146. The number of carbonyl (C=O) groups excluding carboxylic acids is 1. The molecular weight excluding hydrogens is 248 g/mol. The smallest absolute Gasteiger partial charge is 0.318 e. The van der Waals surface area contributed by atoms with E-state index in [0.717, 1.165) is 0 Å². The molecule has 0 amide bonds. The number of hydrogen-bond donors (Lipinski definition) is 0. The highest BCUT2D eigenvalue weighted by molar-refractivity contribution is 5.77. The first-order chi connectivity index (χ1) is 9.13. The molecular formula is C13H16N2O4. The topological polar surface area (TPSA) is 78.4 Å². The van der Waals surface area contributed by atoms with Crippen molar-refractivity contribution < 1.29 is 18.5 Å². The Morgan fingerprint density at radius 3 is 2.84 bits per heavy atom. The molecule has 102 valence electrons. The maximum atomic E-state index is 11.9. The predicted molar refractivity (Wildman–Crippen MR) is 66.2 cm³/mol. The molecule has 0 aliphatic rings. The number of nitrogens with zero attached hydrogens (tertiary/aromatic N) is 2. The fourth-order valence-electron chi connectivity index (χ4n) is 1.76. The van der Waals surface area contributed by atoms with Crippen molar-refractivity contribution in [3.05, 3.63) is 24.5 Å². The summed E-state index contributed by atoms with van der Waals surface area (Å²) in [5, 5.41) is 3.85. The van der Waals surface area contributed by atoms with E-state index in [0.29, 0.717) is 18.0 Å². The lowest BCUT2D eigenvalue weighted by Crippen LogP contribution is -2.21. The number of rotatable bonds is 5. The molecule has 0 N–H and O–H groups in total. The van der Waals surface area contributed by atoms with Gasteiger partial charge in [-0.15, -0.1) is 0 Å². The maximum absolute atomic E-state index is 11.9. The third-order valence-corrected chi connectivity index (χ3v) is 2.69. The summed E-state index contributed by atoms with van der Waals surface area (Å²) in [5.74, 6) is -0.215. The van der Waals surface area contributed by atoms with E-state index < -0.39 is 5.92 Å². The zero-order valence-corrected chi connectivity index (χ0v) is 11.1. The molecule has 0 saturated heterocycles. The van der Waals surface area contributed by atoms with Crippen LogP contribution in [0.3, 0.4) is 0 Å². The van der Waals surface area contributed by atoms with Crippen LogP contribution in [0.2, 0.25) is 0 Å². The molecule has 0 fully saturated rings. The highest BCUT2D eigenvalue weighted by atomic mass is 16.5. The Morgan fingerprint density at radius 2 is 2.26 bits per heavy atom. The van der Waals surface area contributed by atoms with Gasteiger partial charge in [0.25, 0.3) is 0 Å². The van der Waals surface area contributed by atoms with Gasteiger partial charge in [-0.3, -0.25) is 4.79 Å². The number of carbonyl (C=O) groups is 1. The van der Waals surface area contributed by atoms with Crippen LogP contribution in [0.5, 0.6) is 0 Å². The van der Waals surface area contributed by atoms with Gasteiger partial charge in [-0.2, -0.15) is 4.98 Å². The number of hydrogen-bond acceptors (Lipinski definition) is 6. The van der Waals surface area contributed by atoms with Crippen LogP contribution in [0, 0.1) is 5.92 Å². The largest absolute Gasteiger partial charge is 0.472 e. The average Bonchev–Trinajstić information content (AvgIpc) is 2.98. The normalized spacial score (nSPS) is 12.6. The fourth-order valence-corrected chi connectivity index (χ4v) is 1.76. The summed E-state index contributed by atoms with van der Waals surface area (Å²) in [6.07, 6.45) is 3.04. The first-order valence-electron chi connectivity index (χ1n) is 6.16. The molecule has 2 aromatic heterocycles. The van der Waals surface area contributed by atoms with Crippen LogP contribution in [-0.2, 0) is 9.53 Å². The summed E-state index contributed by atoms with van der Waals surface area (Å²) >= 11 is 0. The van der Waals surface area contributed by atoms with Gasteiger partial charge in [0, 0.05) is 0 Å². The molecule has 0 aliphatic heterocycles. The molecule has 2 rings (SSSR count). The molecule has 0 aliphatic carbocycles. The summed E-state index contributed by atoms with van der Waals surface area (Å²) in [7, 11) is 0. The fraction of sp³-hybridized carbons (Fsp3) is 0.462. The first kappa shape index (κ1) is 13.3. The second-order valence-electron chi connectivity index (χ2n) is 4.44. The van der Waals surface area contributed by atoms with E-state index in [1.54, 1.807) is 13.0 Å². The molecule has 0 radical (unpaired) electrons. The van der Waals surface area contributed by atoms with Crippen LogP contribution in [0.15, 0.2) is 27.5 Å². The predicted octanol–water partition coefficient (Wildman–Crippen LogP) is 2.63. The quantitative estimate of drug-likeness (QED) is 0.772. The van der Waals surface area contributed by atoms with Gasteiger partial charge >= 0.3 is 5.97 Å². The Bertz CT molecular complexity index is 531. The number of ether oxygens (including phenoxy) is 1. The van der Waals surface area contributed by atoms with Gasteiger partial charge in [0.05, 0.1) is 18.4 Å². The van der Waals surface area contributed by atoms with Crippen molar-refractivity contribution in [1.82, 2.24) is 10.1 Å². The highest BCUT2D eigenvalue weighted by Gasteiger charge is 2.31. The van der Waals surface area contributed by atoms with E-state index in [-0.39, 0.29) is 17.8 Å². The zero-order valence-electron chi connectivity index (χ0n) is 11.1. The standard InChI is InChI=1S/C13H16N2O4/c1-4-18-13(16)10(8(2)3)12-14-11(15-19-12)9-5-6-17-7-9/h5-8,10H,4H2,1-3H3. The van der Waals surface area contributed by atoms with Gasteiger partial charge in [0.1, 0.15) is 12.2 Å². The van der Waals surface area contributed by atoms with Gasteiger partial charge in [0.15, 0.2) is 0 Å². The number of furan rings is 1. The Hall–Kier alpha value is -2.11. The Balaban J connectivity index is 2.26. The molecule has 0 spiro atoms. The minimum atomic E-state index is -0.548. The van der Waals surface area contributed by atoms with Crippen molar-refractivity contribution >= 4 is 5.97 Å². The molecule has 6 nitrogen and oxygen atoms in total. The lowest BCUT2D eigenvalue weighted by atomic mass is 9.96. The van der Waals surface area contributed by atoms with Crippen molar-refractivity contribution in [3.63, 3.8) is 0 Å². The van der Waals surface area contributed by atoms with Crippen molar-refractivity contribution in [1.29, 1.82) is 0 Å². The molecule has 2 heterocycles. The average molecular weight is 264 g/mol. The minimum absolute atomic E-state index is 0.0108.